The summed E-state index contributed by atoms with van der Waals surface area (Å²) in [5.74, 6) is -1.59. The predicted molar refractivity (Wildman–Crippen MR) is 63.9 cm³/mol. The van der Waals surface area contributed by atoms with Crippen molar-refractivity contribution < 1.29 is 14.3 Å². The molecule has 2 heterocycles. The molecule has 0 amide bonds. The Morgan fingerprint density at radius 1 is 1.33 bits per heavy atom. The largest absolute Gasteiger partial charge is 0.478 e. The summed E-state index contributed by atoms with van der Waals surface area (Å²) in [5, 5.41) is 9.10. The summed E-state index contributed by atoms with van der Waals surface area (Å²) in [5.41, 5.74) is 2.52. The van der Waals surface area contributed by atoms with E-state index in [0.29, 0.717) is 22.5 Å². The number of halogens is 1. The molecule has 0 saturated carbocycles. The average Bonchev–Trinajstić information content (AvgIpc) is 2.33. The average molecular weight is 246 g/mol. The molecule has 2 rings (SSSR count). The topological polar surface area (TPSA) is 63.1 Å². The van der Waals surface area contributed by atoms with E-state index in [4.69, 9.17) is 5.11 Å². The molecular formula is C13H11FN2O2. The highest BCUT2D eigenvalue weighted by Crippen LogP contribution is 2.21. The first-order chi connectivity index (χ1) is 8.49. The van der Waals surface area contributed by atoms with Crippen LogP contribution in [0.2, 0.25) is 0 Å². The second kappa shape index (κ2) is 4.52. The number of hydrogen-bond donors (Lipinski definition) is 1. The maximum atomic E-state index is 12.7. The molecule has 1 N–H and O–H groups in total. The van der Waals surface area contributed by atoms with Gasteiger partial charge in [0.15, 0.2) is 0 Å². The van der Waals surface area contributed by atoms with Crippen molar-refractivity contribution in [3.05, 3.63) is 47.2 Å². The number of carbonyl (C=O) groups is 1. The normalized spacial score (nSPS) is 10.4. The molecular weight excluding hydrogens is 235 g/mol. The van der Waals surface area contributed by atoms with Crippen LogP contribution < -0.4 is 0 Å². The van der Waals surface area contributed by atoms with Gasteiger partial charge in [-0.1, -0.05) is 0 Å². The van der Waals surface area contributed by atoms with Gasteiger partial charge >= 0.3 is 5.97 Å². The summed E-state index contributed by atoms with van der Waals surface area (Å²) >= 11 is 0. The number of carboxylic acids is 1. The Bertz CT molecular complexity index is 609. The van der Waals surface area contributed by atoms with Crippen LogP contribution in [0.3, 0.4) is 0 Å². The number of nitrogens with zero attached hydrogens (tertiary/aromatic N) is 2. The van der Waals surface area contributed by atoms with Gasteiger partial charge in [-0.05, 0) is 37.6 Å². The summed E-state index contributed by atoms with van der Waals surface area (Å²) in [6.45, 7) is 3.45. The summed E-state index contributed by atoms with van der Waals surface area (Å²) in [6, 6.07) is 4.21. The van der Waals surface area contributed by atoms with Crippen LogP contribution in [0.25, 0.3) is 11.3 Å². The van der Waals surface area contributed by atoms with E-state index >= 15 is 0 Å². The Morgan fingerprint density at radius 3 is 2.61 bits per heavy atom. The lowest BCUT2D eigenvalue weighted by atomic mass is 10.0. The standard InChI is InChI=1S/C13H11FN2O2/c1-7-8(2)16-11(5-10(7)13(17)18)9-3-4-12(14)15-6-9/h3-6H,1-2H3,(H,17,18). The molecule has 0 bridgehead atoms. The van der Waals surface area contributed by atoms with Gasteiger partial charge in [0, 0.05) is 17.5 Å². The first-order valence-corrected chi connectivity index (χ1v) is 5.32. The fourth-order valence-corrected chi connectivity index (χ4v) is 1.63. The van der Waals surface area contributed by atoms with Crippen LogP contribution in [-0.2, 0) is 0 Å². The first-order valence-electron chi connectivity index (χ1n) is 5.32. The van der Waals surface area contributed by atoms with E-state index < -0.39 is 11.9 Å². The summed E-state index contributed by atoms with van der Waals surface area (Å²) in [4.78, 5) is 18.9. The summed E-state index contributed by atoms with van der Waals surface area (Å²) < 4.78 is 12.7. The molecule has 2 aromatic rings. The first kappa shape index (κ1) is 12.2. The quantitative estimate of drug-likeness (QED) is 0.827. The lowest BCUT2D eigenvalue weighted by Crippen LogP contribution is -2.04. The summed E-state index contributed by atoms with van der Waals surface area (Å²) in [7, 11) is 0. The zero-order valence-electron chi connectivity index (χ0n) is 9.94. The van der Waals surface area contributed by atoms with Crippen molar-refractivity contribution in [2.75, 3.05) is 0 Å². The molecule has 0 spiro atoms. The van der Waals surface area contributed by atoms with Gasteiger partial charge in [-0.25, -0.2) is 9.78 Å². The van der Waals surface area contributed by atoms with E-state index in [9.17, 15) is 9.18 Å². The van der Waals surface area contributed by atoms with Crippen molar-refractivity contribution in [1.29, 1.82) is 0 Å². The number of carboxylic acid groups (broad SMARTS) is 1. The number of pyridine rings is 2. The zero-order valence-corrected chi connectivity index (χ0v) is 9.94. The van der Waals surface area contributed by atoms with E-state index in [1.165, 1.54) is 24.4 Å². The Morgan fingerprint density at radius 2 is 2.06 bits per heavy atom. The van der Waals surface area contributed by atoms with Gasteiger partial charge in [-0.15, -0.1) is 0 Å². The maximum absolute atomic E-state index is 12.7. The van der Waals surface area contributed by atoms with Gasteiger partial charge < -0.3 is 5.11 Å². The Kier molecular flexibility index (Phi) is 3.06. The predicted octanol–water partition coefficient (Wildman–Crippen LogP) is 2.60. The number of rotatable bonds is 2. The highest BCUT2D eigenvalue weighted by molar-refractivity contribution is 5.90. The highest BCUT2D eigenvalue weighted by atomic mass is 19.1. The molecule has 92 valence electrons. The number of aryl methyl sites for hydroxylation is 1. The molecule has 0 aliphatic carbocycles. The highest BCUT2D eigenvalue weighted by Gasteiger charge is 2.13. The van der Waals surface area contributed by atoms with Crippen molar-refractivity contribution in [1.82, 2.24) is 9.97 Å². The van der Waals surface area contributed by atoms with Crippen LogP contribution >= 0.6 is 0 Å². The number of aromatic carboxylic acids is 1. The molecule has 0 fully saturated rings. The van der Waals surface area contributed by atoms with E-state index in [1.54, 1.807) is 13.8 Å². The second-order valence-electron chi connectivity index (χ2n) is 3.94. The lowest BCUT2D eigenvalue weighted by molar-refractivity contribution is 0.0696. The number of aromatic nitrogens is 2. The minimum Gasteiger partial charge on any atom is -0.478 e. The van der Waals surface area contributed by atoms with Crippen molar-refractivity contribution in [3.63, 3.8) is 0 Å². The SMILES string of the molecule is Cc1nc(-c2ccc(F)nc2)cc(C(=O)O)c1C. The van der Waals surface area contributed by atoms with Gasteiger partial charge in [0.05, 0.1) is 11.3 Å². The van der Waals surface area contributed by atoms with Crippen LogP contribution in [0, 0.1) is 19.8 Å². The van der Waals surface area contributed by atoms with Gasteiger partial charge in [-0.3, -0.25) is 4.98 Å². The van der Waals surface area contributed by atoms with E-state index in [2.05, 4.69) is 9.97 Å². The monoisotopic (exact) mass is 246 g/mol. The second-order valence-corrected chi connectivity index (χ2v) is 3.94. The Labute approximate surface area is 103 Å². The molecule has 0 aliphatic heterocycles. The molecule has 0 aromatic carbocycles. The van der Waals surface area contributed by atoms with Crippen LogP contribution in [-0.4, -0.2) is 21.0 Å². The Hall–Kier alpha value is -2.30. The number of hydrogen-bond acceptors (Lipinski definition) is 3. The third-order valence-electron chi connectivity index (χ3n) is 2.77. The zero-order chi connectivity index (χ0) is 13.3. The van der Waals surface area contributed by atoms with Crippen LogP contribution in [0.1, 0.15) is 21.6 Å². The van der Waals surface area contributed by atoms with Crippen molar-refractivity contribution in [2.24, 2.45) is 0 Å². The fourth-order valence-electron chi connectivity index (χ4n) is 1.63. The molecule has 5 heteroatoms. The Balaban J connectivity index is 2.59. The van der Waals surface area contributed by atoms with E-state index in [-0.39, 0.29) is 5.56 Å². The van der Waals surface area contributed by atoms with Gasteiger partial charge in [0.25, 0.3) is 0 Å². The van der Waals surface area contributed by atoms with E-state index in [0.717, 1.165) is 0 Å². The van der Waals surface area contributed by atoms with Gasteiger partial charge in [0.2, 0.25) is 5.95 Å². The lowest BCUT2D eigenvalue weighted by Gasteiger charge is -2.08. The van der Waals surface area contributed by atoms with Crippen LogP contribution in [0.15, 0.2) is 24.4 Å². The molecule has 4 nitrogen and oxygen atoms in total. The fraction of sp³-hybridized carbons (Fsp3) is 0.154. The third kappa shape index (κ3) is 2.20. The molecule has 0 unspecified atom stereocenters. The molecule has 0 aliphatic rings. The minimum atomic E-state index is -1.01. The van der Waals surface area contributed by atoms with Crippen LogP contribution in [0.5, 0.6) is 0 Å². The van der Waals surface area contributed by atoms with Crippen molar-refractivity contribution >= 4 is 5.97 Å². The van der Waals surface area contributed by atoms with Crippen LogP contribution in [0.4, 0.5) is 4.39 Å². The molecule has 18 heavy (non-hydrogen) atoms. The molecule has 0 radical (unpaired) electrons. The smallest absolute Gasteiger partial charge is 0.336 e. The van der Waals surface area contributed by atoms with Gasteiger partial charge in [-0.2, -0.15) is 4.39 Å². The third-order valence-corrected chi connectivity index (χ3v) is 2.77. The van der Waals surface area contributed by atoms with E-state index in [1.807, 2.05) is 0 Å². The summed E-state index contributed by atoms with van der Waals surface area (Å²) in [6.07, 6.45) is 1.33. The molecule has 2 aromatic heterocycles. The van der Waals surface area contributed by atoms with Crippen molar-refractivity contribution in [2.45, 2.75) is 13.8 Å². The molecule has 0 saturated heterocycles. The van der Waals surface area contributed by atoms with Crippen molar-refractivity contribution in [3.8, 4) is 11.3 Å². The van der Waals surface area contributed by atoms with Gasteiger partial charge in [0.1, 0.15) is 0 Å². The minimum absolute atomic E-state index is 0.196. The maximum Gasteiger partial charge on any atom is 0.336 e. The molecule has 0 atom stereocenters.